The van der Waals surface area contributed by atoms with Crippen LogP contribution in [0.1, 0.15) is 131 Å². The van der Waals surface area contributed by atoms with Crippen molar-refractivity contribution in [2.45, 2.75) is 122 Å². The minimum absolute atomic E-state index is 0.0147. The Hall–Kier alpha value is -3.81. The number of nitrogens with one attached hydrogen (secondary N) is 1. The van der Waals surface area contributed by atoms with Crippen LogP contribution >= 0.6 is 0 Å². The molecule has 8 heteroatoms. The molecule has 0 aliphatic heterocycles. The second kappa shape index (κ2) is 21.2. The van der Waals surface area contributed by atoms with E-state index in [1.54, 1.807) is 12.1 Å². The number of unbranched alkanes of at least 4 members (excludes halogenated alkanes) is 12. The topological polar surface area (TPSA) is 64.6 Å². The van der Waals surface area contributed by atoms with E-state index < -0.39 is 18.2 Å². The molecule has 3 aromatic carbocycles. The predicted octanol–water partition coefficient (Wildman–Crippen LogP) is 12.0. The van der Waals surface area contributed by atoms with Gasteiger partial charge in [-0.25, -0.2) is 4.79 Å². The Morgan fingerprint density at radius 1 is 0.625 bits per heavy atom. The number of carbonyl (C=O) groups is 2. The lowest BCUT2D eigenvalue weighted by Gasteiger charge is -2.20. The molecule has 3 rings (SSSR count). The average Bonchev–Trinajstić information content (AvgIpc) is 3.08. The van der Waals surface area contributed by atoms with Gasteiger partial charge in [-0.15, -0.1) is 0 Å². The Labute approximate surface area is 284 Å². The van der Waals surface area contributed by atoms with Gasteiger partial charge in [-0.05, 0) is 78.9 Å². The highest BCUT2D eigenvalue weighted by Crippen LogP contribution is 2.29. The number of esters is 1. The maximum absolute atomic E-state index is 13.5. The van der Waals surface area contributed by atoms with Crippen LogP contribution in [0.2, 0.25) is 0 Å². The van der Waals surface area contributed by atoms with Crippen molar-refractivity contribution in [3.63, 3.8) is 0 Å². The number of hydrogen-bond acceptors (Lipinski definition) is 4. The number of ether oxygens (including phenoxy) is 2. The van der Waals surface area contributed by atoms with Gasteiger partial charge in [-0.1, -0.05) is 115 Å². The minimum atomic E-state index is -4.63. The lowest BCUT2D eigenvalue weighted by Crippen LogP contribution is -2.33. The summed E-state index contributed by atoms with van der Waals surface area (Å²) in [5.74, 6) is -0.553. The van der Waals surface area contributed by atoms with E-state index in [2.05, 4.69) is 19.2 Å². The fourth-order valence-electron chi connectivity index (χ4n) is 5.47. The summed E-state index contributed by atoms with van der Waals surface area (Å²) in [6.07, 6.45) is 8.04. The van der Waals surface area contributed by atoms with E-state index in [0.29, 0.717) is 30.7 Å². The molecule has 1 N–H and O–H groups in total. The number of alkyl halides is 3. The van der Waals surface area contributed by atoms with Crippen molar-refractivity contribution in [3.8, 4) is 16.9 Å². The monoisotopic (exact) mass is 667 g/mol. The molecule has 1 amide bonds. The average molecular weight is 668 g/mol. The van der Waals surface area contributed by atoms with Gasteiger partial charge in [-0.3, -0.25) is 4.79 Å². The summed E-state index contributed by atoms with van der Waals surface area (Å²) in [5.41, 5.74) is 2.79. The molecule has 0 aliphatic rings. The summed E-state index contributed by atoms with van der Waals surface area (Å²) in [4.78, 5) is 25.3. The van der Waals surface area contributed by atoms with Crippen molar-refractivity contribution in [1.29, 1.82) is 0 Å². The molecular formula is C40H52F3NO4. The summed E-state index contributed by atoms with van der Waals surface area (Å²) < 4.78 is 51.3. The number of anilines is 1. The van der Waals surface area contributed by atoms with Crippen molar-refractivity contribution in [2.24, 2.45) is 0 Å². The molecule has 0 fully saturated rings. The molecule has 262 valence electrons. The SMILES string of the molecule is CCCCCCCCCCOc1ccc(-c2ccc(C(=O)Nc3ccc(C(=O)OC(CCCCCCCC)C(F)(F)F)cc3)cc2)cc1. The van der Waals surface area contributed by atoms with Crippen LogP contribution in [0.15, 0.2) is 72.8 Å². The summed E-state index contributed by atoms with van der Waals surface area (Å²) in [7, 11) is 0. The first kappa shape index (κ1) is 38.6. The van der Waals surface area contributed by atoms with Gasteiger partial charge in [0.1, 0.15) is 5.75 Å². The predicted molar refractivity (Wildman–Crippen MR) is 188 cm³/mol. The highest BCUT2D eigenvalue weighted by Gasteiger charge is 2.42. The fourth-order valence-corrected chi connectivity index (χ4v) is 5.47. The van der Waals surface area contributed by atoms with Gasteiger partial charge < -0.3 is 14.8 Å². The van der Waals surface area contributed by atoms with Crippen LogP contribution in [0.3, 0.4) is 0 Å². The highest BCUT2D eigenvalue weighted by molar-refractivity contribution is 6.04. The molecule has 0 spiro atoms. The number of benzene rings is 3. The normalized spacial score (nSPS) is 12.0. The Morgan fingerprint density at radius 3 is 1.65 bits per heavy atom. The molecule has 0 aromatic heterocycles. The lowest BCUT2D eigenvalue weighted by molar-refractivity contribution is -0.206. The Morgan fingerprint density at radius 2 is 1.10 bits per heavy atom. The molecule has 1 atom stereocenters. The number of halogens is 3. The highest BCUT2D eigenvalue weighted by atomic mass is 19.4. The summed E-state index contributed by atoms with van der Waals surface area (Å²) in [5, 5.41) is 2.76. The number of hydrogen-bond donors (Lipinski definition) is 1. The quantitative estimate of drug-likeness (QED) is 0.0855. The molecule has 0 heterocycles. The number of rotatable bonds is 22. The van der Waals surface area contributed by atoms with Gasteiger partial charge in [0.25, 0.3) is 5.91 Å². The molecular weight excluding hydrogens is 615 g/mol. The van der Waals surface area contributed by atoms with Crippen molar-refractivity contribution >= 4 is 17.6 Å². The first-order valence-electron chi connectivity index (χ1n) is 17.7. The standard InChI is InChI=1S/C40H52F3NO4/c1-3-5-7-9-11-12-14-16-30-47-36-28-24-32(25-29-36)31-18-20-33(21-19-31)38(45)44-35-26-22-34(23-27-35)39(46)48-37(40(41,42)43)17-15-13-10-8-6-4-2/h18-29,37H,3-17,30H2,1-2H3,(H,44,45). The van der Waals surface area contributed by atoms with Crippen LogP contribution in [-0.2, 0) is 4.74 Å². The largest absolute Gasteiger partial charge is 0.494 e. The lowest BCUT2D eigenvalue weighted by atomic mass is 10.0. The second-order valence-electron chi connectivity index (χ2n) is 12.4. The molecule has 48 heavy (non-hydrogen) atoms. The summed E-state index contributed by atoms with van der Waals surface area (Å²) in [6.45, 7) is 5.02. The third-order valence-corrected chi connectivity index (χ3v) is 8.41. The molecule has 1 unspecified atom stereocenters. The van der Waals surface area contributed by atoms with Crippen LogP contribution in [-0.4, -0.2) is 30.8 Å². The zero-order chi connectivity index (χ0) is 34.6. The minimum Gasteiger partial charge on any atom is -0.494 e. The van der Waals surface area contributed by atoms with Crippen LogP contribution in [0, 0.1) is 0 Å². The molecule has 3 aromatic rings. The maximum atomic E-state index is 13.5. The third-order valence-electron chi connectivity index (χ3n) is 8.41. The maximum Gasteiger partial charge on any atom is 0.425 e. The second-order valence-corrected chi connectivity index (χ2v) is 12.4. The first-order valence-corrected chi connectivity index (χ1v) is 17.7. The zero-order valence-electron chi connectivity index (χ0n) is 28.6. The number of amides is 1. The van der Waals surface area contributed by atoms with Crippen molar-refractivity contribution in [2.75, 3.05) is 11.9 Å². The Balaban J connectivity index is 1.44. The third kappa shape index (κ3) is 14.1. The van der Waals surface area contributed by atoms with Crippen molar-refractivity contribution < 1.29 is 32.2 Å². The van der Waals surface area contributed by atoms with Crippen LogP contribution < -0.4 is 10.1 Å². The van der Waals surface area contributed by atoms with E-state index in [1.165, 1.54) is 69.2 Å². The van der Waals surface area contributed by atoms with Crippen LogP contribution in [0.5, 0.6) is 5.75 Å². The van der Waals surface area contributed by atoms with E-state index in [1.807, 2.05) is 36.4 Å². The first-order chi connectivity index (χ1) is 23.2. The zero-order valence-corrected chi connectivity index (χ0v) is 28.6. The van der Waals surface area contributed by atoms with Crippen LogP contribution in [0.4, 0.5) is 18.9 Å². The van der Waals surface area contributed by atoms with E-state index in [4.69, 9.17) is 9.47 Å². The van der Waals surface area contributed by atoms with Gasteiger partial charge in [-0.2, -0.15) is 13.2 Å². The smallest absolute Gasteiger partial charge is 0.425 e. The van der Waals surface area contributed by atoms with Gasteiger partial charge in [0, 0.05) is 11.3 Å². The van der Waals surface area contributed by atoms with Gasteiger partial charge in [0.15, 0.2) is 6.10 Å². The molecule has 0 bridgehead atoms. The molecule has 0 saturated carbocycles. The fraction of sp³-hybridized carbons (Fsp3) is 0.500. The van der Waals surface area contributed by atoms with Crippen molar-refractivity contribution in [1.82, 2.24) is 0 Å². The van der Waals surface area contributed by atoms with E-state index in [0.717, 1.165) is 49.0 Å². The Bertz CT molecular complexity index is 1340. The van der Waals surface area contributed by atoms with E-state index >= 15 is 0 Å². The summed E-state index contributed by atoms with van der Waals surface area (Å²) >= 11 is 0. The molecule has 5 nitrogen and oxygen atoms in total. The molecule has 0 saturated heterocycles. The number of carbonyl (C=O) groups excluding carboxylic acids is 2. The summed E-state index contributed by atoms with van der Waals surface area (Å²) in [6, 6.07) is 20.7. The van der Waals surface area contributed by atoms with Gasteiger partial charge >= 0.3 is 12.1 Å². The van der Waals surface area contributed by atoms with Crippen molar-refractivity contribution in [3.05, 3.63) is 83.9 Å². The molecule has 0 radical (unpaired) electrons. The molecule has 0 aliphatic carbocycles. The van der Waals surface area contributed by atoms with Crippen LogP contribution in [0.25, 0.3) is 11.1 Å². The Kier molecular flexibility index (Phi) is 17.1. The van der Waals surface area contributed by atoms with E-state index in [-0.39, 0.29) is 17.9 Å². The van der Waals surface area contributed by atoms with Gasteiger partial charge in [0.05, 0.1) is 12.2 Å². The van der Waals surface area contributed by atoms with Gasteiger partial charge in [0.2, 0.25) is 0 Å². The van der Waals surface area contributed by atoms with E-state index in [9.17, 15) is 22.8 Å².